The standard InChI is InChI=1S/C21H23ClFNO3S/c1-20(2)7-13-8-21(3,10-20)11-24(13)16(25)9-27-19(26)18-17(22)14-5-4-12(23)6-15(14)28-18/h4-6,13H,7-11H2,1-3H3. The predicted molar refractivity (Wildman–Crippen MR) is 108 cm³/mol. The van der Waals surface area contributed by atoms with Crippen LogP contribution in [0.15, 0.2) is 18.2 Å². The maximum absolute atomic E-state index is 13.4. The molecule has 1 aliphatic carbocycles. The van der Waals surface area contributed by atoms with E-state index >= 15 is 0 Å². The highest BCUT2D eigenvalue weighted by Gasteiger charge is 2.50. The summed E-state index contributed by atoms with van der Waals surface area (Å²) in [6, 6.07) is 4.38. The van der Waals surface area contributed by atoms with Crippen molar-refractivity contribution in [1.82, 2.24) is 4.90 Å². The fourth-order valence-electron chi connectivity index (χ4n) is 5.20. The maximum Gasteiger partial charge on any atom is 0.350 e. The molecule has 150 valence electrons. The van der Waals surface area contributed by atoms with Crippen LogP contribution in [0.2, 0.25) is 5.02 Å². The van der Waals surface area contributed by atoms with Gasteiger partial charge in [-0.3, -0.25) is 4.79 Å². The Labute approximate surface area is 172 Å². The second-order valence-electron chi connectivity index (χ2n) is 9.20. The molecule has 4 nitrogen and oxygen atoms in total. The van der Waals surface area contributed by atoms with Gasteiger partial charge in [-0.05, 0) is 48.3 Å². The smallest absolute Gasteiger partial charge is 0.350 e. The second-order valence-corrected chi connectivity index (χ2v) is 10.6. The van der Waals surface area contributed by atoms with Crippen molar-refractivity contribution in [3.63, 3.8) is 0 Å². The lowest BCUT2D eigenvalue weighted by atomic mass is 9.65. The molecule has 2 aliphatic rings. The molecule has 1 aliphatic heterocycles. The molecule has 4 rings (SSSR count). The Morgan fingerprint density at radius 3 is 2.82 bits per heavy atom. The number of halogens is 2. The molecule has 2 fully saturated rings. The Morgan fingerprint density at radius 1 is 1.32 bits per heavy atom. The van der Waals surface area contributed by atoms with Crippen LogP contribution in [0.4, 0.5) is 4.39 Å². The Kier molecular flexibility index (Phi) is 4.70. The molecule has 1 amide bonds. The fourth-order valence-corrected chi connectivity index (χ4v) is 6.62. The Bertz CT molecular complexity index is 972. The molecule has 1 aromatic carbocycles. The van der Waals surface area contributed by atoms with E-state index in [1.54, 1.807) is 6.07 Å². The summed E-state index contributed by atoms with van der Waals surface area (Å²) in [6.45, 7) is 7.14. The summed E-state index contributed by atoms with van der Waals surface area (Å²) in [7, 11) is 0. The van der Waals surface area contributed by atoms with Crippen LogP contribution in [0, 0.1) is 16.6 Å². The lowest BCUT2D eigenvalue weighted by Gasteiger charge is -2.39. The fraction of sp³-hybridized carbons (Fsp3) is 0.524. The van der Waals surface area contributed by atoms with E-state index in [2.05, 4.69) is 20.8 Å². The van der Waals surface area contributed by atoms with Crippen LogP contribution in [0.1, 0.15) is 49.7 Å². The van der Waals surface area contributed by atoms with Crippen LogP contribution >= 0.6 is 22.9 Å². The summed E-state index contributed by atoms with van der Waals surface area (Å²) in [4.78, 5) is 27.3. The van der Waals surface area contributed by atoms with Gasteiger partial charge in [0.15, 0.2) is 6.61 Å². The third-order valence-electron chi connectivity index (χ3n) is 5.84. The number of rotatable bonds is 3. The highest BCUT2D eigenvalue weighted by atomic mass is 35.5. The van der Waals surface area contributed by atoms with E-state index in [0.29, 0.717) is 16.6 Å². The van der Waals surface area contributed by atoms with Gasteiger partial charge in [0.1, 0.15) is 10.7 Å². The van der Waals surface area contributed by atoms with Gasteiger partial charge in [-0.15, -0.1) is 11.3 Å². The second kappa shape index (κ2) is 6.70. The van der Waals surface area contributed by atoms with Gasteiger partial charge in [0, 0.05) is 22.7 Å². The van der Waals surface area contributed by atoms with E-state index in [-0.39, 0.29) is 39.3 Å². The first kappa shape index (κ1) is 19.6. The predicted octanol–water partition coefficient (Wildman–Crippen LogP) is 5.28. The van der Waals surface area contributed by atoms with Crippen molar-refractivity contribution >= 4 is 44.9 Å². The molecule has 1 aromatic heterocycles. The van der Waals surface area contributed by atoms with Crippen molar-refractivity contribution in [2.45, 2.75) is 46.1 Å². The van der Waals surface area contributed by atoms with Crippen molar-refractivity contribution in [2.24, 2.45) is 10.8 Å². The van der Waals surface area contributed by atoms with Crippen LogP contribution in [0.5, 0.6) is 0 Å². The zero-order valence-corrected chi connectivity index (χ0v) is 17.8. The summed E-state index contributed by atoms with van der Waals surface area (Å²) < 4.78 is 19.2. The molecule has 1 saturated carbocycles. The number of hydrogen-bond donors (Lipinski definition) is 0. The molecule has 7 heteroatoms. The van der Waals surface area contributed by atoms with E-state index in [1.165, 1.54) is 12.1 Å². The number of hydrogen-bond acceptors (Lipinski definition) is 4. The van der Waals surface area contributed by atoms with E-state index < -0.39 is 11.8 Å². The molecular formula is C21H23ClFNO3S. The molecule has 1 saturated heterocycles. The summed E-state index contributed by atoms with van der Waals surface area (Å²) >= 11 is 7.33. The average Bonchev–Trinajstić information content (AvgIpc) is 3.04. The summed E-state index contributed by atoms with van der Waals surface area (Å²) in [6.07, 6.45) is 3.06. The number of thiophene rings is 1. The molecule has 2 atom stereocenters. The van der Waals surface area contributed by atoms with E-state index in [9.17, 15) is 14.0 Å². The average molecular weight is 424 g/mol. The first-order chi connectivity index (χ1) is 13.1. The van der Waals surface area contributed by atoms with Crippen LogP contribution in [0.3, 0.4) is 0 Å². The molecule has 0 spiro atoms. The Hall–Kier alpha value is -1.66. The summed E-state index contributed by atoms with van der Waals surface area (Å²) in [5, 5.41) is 0.846. The van der Waals surface area contributed by atoms with Gasteiger partial charge in [-0.2, -0.15) is 0 Å². The summed E-state index contributed by atoms with van der Waals surface area (Å²) in [5.41, 5.74) is 0.341. The zero-order valence-electron chi connectivity index (χ0n) is 16.2. The zero-order chi connectivity index (χ0) is 20.3. The van der Waals surface area contributed by atoms with Crippen LogP contribution in [0.25, 0.3) is 10.1 Å². The third kappa shape index (κ3) is 3.52. The van der Waals surface area contributed by atoms with E-state index in [4.69, 9.17) is 16.3 Å². The largest absolute Gasteiger partial charge is 0.451 e. The molecule has 28 heavy (non-hydrogen) atoms. The van der Waals surface area contributed by atoms with Gasteiger partial charge in [-0.25, -0.2) is 9.18 Å². The first-order valence-electron chi connectivity index (χ1n) is 9.41. The van der Waals surface area contributed by atoms with Gasteiger partial charge in [0.25, 0.3) is 5.91 Å². The van der Waals surface area contributed by atoms with Crippen molar-refractivity contribution < 1.29 is 18.7 Å². The van der Waals surface area contributed by atoms with Gasteiger partial charge in [-0.1, -0.05) is 32.4 Å². The highest BCUT2D eigenvalue weighted by molar-refractivity contribution is 7.21. The minimum Gasteiger partial charge on any atom is -0.451 e. The lowest BCUT2D eigenvalue weighted by Crippen LogP contribution is -2.39. The molecule has 0 N–H and O–H groups in total. The number of likely N-dealkylation sites (tertiary alicyclic amines) is 1. The first-order valence-corrected chi connectivity index (χ1v) is 10.6. The van der Waals surface area contributed by atoms with Gasteiger partial charge in [0.2, 0.25) is 0 Å². The minimum absolute atomic E-state index is 0.130. The molecule has 2 aromatic rings. The van der Waals surface area contributed by atoms with Crippen LogP contribution in [-0.4, -0.2) is 36.0 Å². The van der Waals surface area contributed by atoms with Crippen LogP contribution < -0.4 is 0 Å². The number of ether oxygens (including phenoxy) is 1. The Balaban J connectivity index is 1.44. The van der Waals surface area contributed by atoms with Crippen molar-refractivity contribution in [3.8, 4) is 0 Å². The maximum atomic E-state index is 13.4. The third-order valence-corrected chi connectivity index (χ3v) is 7.48. The monoisotopic (exact) mass is 423 g/mol. The summed E-state index contributed by atoms with van der Waals surface area (Å²) in [5.74, 6) is -1.20. The van der Waals surface area contributed by atoms with Gasteiger partial charge >= 0.3 is 5.97 Å². The van der Waals surface area contributed by atoms with Crippen LogP contribution in [-0.2, 0) is 9.53 Å². The molecule has 2 bridgehead atoms. The highest BCUT2D eigenvalue weighted by Crippen LogP contribution is 2.52. The SMILES string of the molecule is CC1(C)CC2CC(C)(CN2C(=O)COC(=O)c2sc3cc(F)ccc3c2Cl)C1. The number of amides is 1. The molecular weight excluding hydrogens is 401 g/mol. The topological polar surface area (TPSA) is 46.6 Å². The molecule has 0 radical (unpaired) electrons. The molecule has 2 heterocycles. The number of carbonyl (C=O) groups is 2. The van der Waals surface area contributed by atoms with Gasteiger partial charge in [0.05, 0.1) is 5.02 Å². The normalized spacial score (nSPS) is 25.9. The lowest BCUT2D eigenvalue weighted by molar-refractivity contribution is -0.135. The van der Waals surface area contributed by atoms with Crippen molar-refractivity contribution in [2.75, 3.05) is 13.2 Å². The number of carbonyl (C=O) groups excluding carboxylic acids is 2. The number of benzene rings is 1. The minimum atomic E-state index is -0.645. The van der Waals surface area contributed by atoms with Gasteiger partial charge < -0.3 is 9.64 Å². The number of nitrogens with zero attached hydrogens (tertiary/aromatic N) is 1. The Morgan fingerprint density at radius 2 is 2.07 bits per heavy atom. The number of fused-ring (bicyclic) bond motifs is 3. The van der Waals surface area contributed by atoms with E-state index in [1.807, 2.05) is 4.90 Å². The molecule has 2 unspecified atom stereocenters. The number of esters is 1. The van der Waals surface area contributed by atoms with Crippen molar-refractivity contribution in [1.29, 1.82) is 0 Å². The van der Waals surface area contributed by atoms with E-state index in [0.717, 1.165) is 30.6 Å². The quantitative estimate of drug-likeness (QED) is 0.631. The van der Waals surface area contributed by atoms with Crippen molar-refractivity contribution in [3.05, 3.63) is 33.9 Å².